The quantitative estimate of drug-likeness (QED) is 0.792. The Kier molecular flexibility index (Phi) is 5.88. The molecule has 1 heterocycles. The number of rotatable bonds is 6. The summed E-state index contributed by atoms with van der Waals surface area (Å²) in [5.41, 5.74) is 1.05. The summed E-state index contributed by atoms with van der Waals surface area (Å²) >= 11 is 0. The largest absolute Gasteiger partial charge is 0.377 e. The van der Waals surface area contributed by atoms with E-state index in [1.807, 2.05) is 0 Å². The van der Waals surface area contributed by atoms with Gasteiger partial charge in [-0.1, -0.05) is 6.07 Å². The predicted octanol–water partition coefficient (Wildman–Crippen LogP) is 2.84. The van der Waals surface area contributed by atoms with Gasteiger partial charge in [0.1, 0.15) is 5.82 Å². The van der Waals surface area contributed by atoms with E-state index in [1.54, 1.807) is 13.0 Å². The SMILES string of the molecule is Cc1ccc(NC(=O)c2ccc(S(=O)(=O)NC[C@@H]3CCCO3)cc2)c(F)c1. The lowest BCUT2D eigenvalue weighted by molar-refractivity contribution is 0.102. The third-order valence-electron chi connectivity index (χ3n) is 4.32. The molecule has 0 unspecified atom stereocenters. The van der Waals surface area contributed by atoms with Gasteiger partial charge in [-0.2, -0.15) is 0 Å². The van der Waals surface area contributed by atoms with Crippen molar-refractivity contribution in [1.29, 1.82) is 0 Å². The zero-order valence-electron chi connectivity index (χ0n) is 14.9. The van der Waals surface area contributed by atoms with Crippen LogP contribution < -0.4 is 10.0 Å². The first-order valence-corrected chi connectivity index (χ1v) is 10.1. The number of carbonyl (C=O) groups excluding carboxylic acids is 1. The highest BCUT2D eigenvalue weighted by atomic mass is 32.2. The van der Waals surface area contributed by atoms with Gasteiger partial charge >= 0.3 is 0 Å². The molecule has 1 aliphatic rings. The van der Waals surface area contributed by atoms with E-state index in [0.717, 1.165) is 18.4 Å². The second-order valence-electron chi connectivity index (χ2n) is 6.45. The van der Waals surface area contributed by atoms with E-state index in [-0.39, 0.29) is 28.8 Å². The molecule has 1 atom stereocenters. The molecule has 0 saturated carbocycles. The number of hydrogen-bond acceptors (Lipinski definition) is 4. The summed E-state index contributed by atoms with van der Waals surface area (Å²) in [6.45, 7) is 2.62. The average molecular weight is 392 g/mol. The molecule has 3 rings (SSSR count). The van der Waals surface area contributed by atoms with Gasteiger partial charge in [0, 0.05) is 18.7 Å². The van der Waals surface area contributed by atoms with Gasteiger partial charge in [0.25, 0.3) is 5.91 Å². The van der Waals surface area contributed by atoms with Crippen LogP contribution in [0.4, 0.5) is 10.1 Å². The number of anilines is 1. The van der Waals surface area contributed by atoms with Crippen LogP contribution in [0.2, 0.25) is 0 Å². The van der Waals surface area contributed by atoms with Gasteiger partial charge in [-0.25, -0.2) is 17.5 Å². The maximum atomic E-state index is 13.8. The van der Waals surface area contributed by atoms with Crippen LogP contribution in [0.15, 0.2) is 47.4 Å². The molecular formula is C19H21FN2O4S. The van der Waals surface area contributed by atoms with Crippen molar-refractivity contribution in [3.63, 3.8) is 0 Å². The summed E-state index contributed by atoms with van der Waals surface area (Å²) in [4.78, 5) is 12.3. The lowest BCUT2D eigenvalue weighted by Gasteiger charge is -2.12. The van der Waals surface area contributed by atoms with Gasteiger partial charge < -0.3 is 10.1 Å². The highest BCUT2D eigenvalue weighted by molar-refractivity contribution is 7.89. The number of amides is 1. The highest BCUT2D eigenvalue weighted by Crippen LogP contribution is 2.18. The number of hydrogen-bond donors (Lipinski definition) is 2. The van der Waals surface area contributed by atoms with Crippen molar-refractivity contribution >= 4 is 21.6 Å². The highest BCUT2D eigenvalue weighted by Gasteiger charge is 2.20. The maximum Gasteiger partial charge on any atom is 0.255 e. The fourth-order valence-electron chi connectivity index (χ4n) is 2.79. The Balaban J connectivity index is 1.65. The van der Waals surface area contributed by atoms with Crippen LogP contribution in [-0.4, -0.2) is 33.6 Å². The Morgan fingerprint density at radius 1 is 1.22 bits per heavy atom. The van der Waals surface area contributed by atoms with Crippen molar-refractivity contribution in [1.82, 2.24) is 4.72 Å². The molecule has 2 aromatic rings. The van der Waals surface area contributed by atoms with Crippen molar-refractivity contribution in [3.8, 4) is 0 Å². The normalized spacial score (nSPS) is 17.0. The molecule has 144 valence electrons. The van der Waals surface area contributed by atoms with Gasteiger partial charge in [-0.05, 0) is 61.7 Å². The molecule has 1 fully saturated rings. The topological polar surface area (TPSA) is 84.5 Å². The van der Waals surface area contributed by atoms with Gasteiger partial charge in [-0.3, -0.25) is 4.79 Å². The standard InChI is InChI=1S/C19H21FN2O4S/c1-13-4-9-18(17(20)11-13)22-19(23)14-5-7-16(8-6-14)27(24,25)21-12-15-3-2-10-26-15/h4-9,11,15,21H,2-3,10,12H2,1H3,(H,22,23)/t15-/m0/s1. The second-order valence-corrected chi connectivity index (χ2v) is 8.22. The van der Waals surface area contributed by atoms with Crippen LogP contribution in [0.25, 0.3) is 0 Å². The Morgan fingerprint density at radius 3 is 2.59 bits per heavy atom. The van der Waals surface area contributed by atoms with Crippen LogP contribution in [0.3, 0.4) is 0 Å². The van der Waals surface area contributed by atoms with Crippen LogP contribution in [0, 0.1) is 12.7 Å². The summed E-state index contributed by atoms with van der Waals surface area (Å²) in [6, 6.07) is 9.97. The number of ether oxygens (including phenoxy) is 1. The molecule has 0 aromatic heterocycles. The lowest BCUT2D eigenvalue weighted by Crippen LogP contribution is -2.31. The van der Waals surface area contributed by atoms with E-state index >= 15 is 0 Å². The van der Waals surface area contributed by atoms with E-state index in [9.17, 15) is 17.6 Å². The first kappa shape index (κ1) is 19.5. The van der Waals surface area contributed by atoms with Gasteiger partial charge in [0.2, 0.25) is 10.0 Å². The first-order valence-electron chi connectivity index (χ1n) is 8.64. The predicted molar refractivity (Wildman–Crippen MR) is 99.7 cm³/mol. The molecule has 1 amide bonds. The molecule has 1 saturated heterocycles. The van der Waals surface area contributed by atoms with Gasteiger partial charge in [0.15, 0.2) is 0 Å². The molecule has 2 N–H and O–H groups in total. The summed E-state index contributed by atoms with van der Waals surface area (Å²) < 4.78 is 46.4. The Bertz CT molecular complexity index is 923. The fraction of sp³-hybridized carbons (Fsp3) is 0.316. The number of sulfonamides is 1. The molecular weight excluding hydrogens is 371 g/mol. The number of halogens is 1. The molecule has 0 aliphatic carbocycles. The summed E-state index contributed by atoms with van der Waals surface area (Å²) in [7, 11) is -3.68. The van der Waals surface area contributed by atoms with Crippen molar-refractivity contribution in [2.24, 2.45) is 0 Å². The number of carbonyl (C=O) groups is 1. The Morgan fingerprint density at radius 2 is 1.96 bits per heavy atom. The van der Waals surface area contributed by atoms with Crippen molar-refractivity contribution in [2.45, 2.75) is 30.8 Å². The molecule has 0 spiro atoms. The van der Waals surface area contributed by atoms with E-state index in [0.29, 0.717) is 6.61 Å². The number of benzene rings is 2. The summed E-state index contributed by atoms with van der Waals surface area (Å²) in [5.74, 6) is -1.05. The van der Waals surface area contributed by atoms with Crippen LogP contribution in [0.1, 0.15) is 28.8 Å². The maximum absolute atomic E-state index is 13.8. The van der Waals surface area contributed by atoms with Crippen molar-refractivity contribution < 1.29 is 22.3 Å². The van der Waals surface area contributed by atoms with Gasteiger partial charge in [-0.15, -0.1) is 0 Å². The van der Waals surface area contributed by atoms with E-state index in [2.05, 4.69) is 10.0 Å². The molecule has 0 bridgehead atoms. The Labute approximate surface area is 157 Å². The van der Waals surface area contributed by atoms with Crippen LogP contribution >= 0.6 is 0 Å². The third kappa shape index (κ3) is 4.91. The molecule has 27 heavy (non-hydrogen) atoms. The molecule has 0 radical (unpaired) electrons. The van der Waals surface area contributed by atoms with Crippen molar-refractivity contribution in [3.05, 3.63) is 59.4 Å². The number of aryl methyl sites for hydroxylation is 1. The lowest BCUT2D eigenvalue weighted by atomic mass is 10.2. The Hall–Kier alpha value is -2.29. The minimum absolute atomic E-state index is 0.0542. The molecule has 2 aromatic carbocycles. The smallest absolute Gasteiger partial charge is 0.255 e. The molecule has 1 aliphatic heterocycles. The zero-order chi connectivity index (χ0) is 19.4. The second kappa shape index (κ2) is 8.16. The van der Waals surface area contributed by atoms with E-state index in [1.165, 1.54) is 36.4 Å². The first-order chi connectivity index (χ1) is 12.8. The van der Waals surface area contributed by atoms with Crippen molar-refractivity contribution in [2.75, 3.05) is 18.5 Å². The van der Waals surface area contributed by atoms with Crippen LogP contribution in [-0.2, 0) is 14.8 Å². The molecule has 6 nitrogen and oxygen atoms in total. The third-order valence-corrected chi connectivity index (χ3v) is 5.76. The van der Waals surface area contributed by atoms with Gasteiger partial charge in [0.05, 0.1) is 16.7 Å². The monoisotopic (exact) mass is 392 g/mol. The fourth-order valence-corrected chi connectivity index (χ4v) is 3.86. The summed E-state index contributed by atoms with van der Waals surface area (Å²) in [6.07, 6.45) is 1.66. The summed E-state index contributed by atoms with van der Waals surface area (Å²) in [5, 5.41) is 2.48. The minimum atomic E-state index is -3.68. The van der Waals surface area contributed by atoms with Crippen LogP contribution in [0.5, 0.6) is 0 Å². The minimum Gasteiger partial charge on any atom is -0.377 e. The van der Waals surface area contributed by atoms with E-state index in [4.69, 9.17) is 4.74 Å². The zero-order valence-corrected chi connectivity index (χ0v) is 15.7. The average Bonchev–Trinajstić information content (AvgIpc) is 3.16. The number of nitrogens with one attached hydrogen (secondary N) is 2. The van der Waals surface area contributed by atoms with E-state index < -0.39 is 21.7 Å². The molecule has 8 heteroatoms.